The molecule has 0 aliphatic heterocycles. The topological polar surface area (TPSA) is 29.5 Å². The van der Waals surface area contributed by atoms with E-state index < -0.39 is 0 Å². The van der Waals surface area contributed by atoms with Gasteiger partial charge in [0.05, 0.1) is 13.2 Å². The molecule has 0 saturated carbocycles. The van der Waals surface area contributed by atoms with E-state index in [1.807, 2.05) is 6.92 Å². The molecule has 0 unspecified atom stereocenters. The molecule has 0 heterocycles. The summed E-state index contributed by atoms with van der Waals surface area (Å²) in [5, 5.41) is 8.61. The van der Waals surface area contributed by atoms with Crippen LogP contribution in [0.2, 0.25) is 0 Å². The van der Waals surface area contributed by atoms with Crippen molar-refractivity contribution in [1.29, 1.82) is 0 Å². The summed E-state index contributed by atoms with van der Waals surface area (Å²) >= 11 is 0. The van der Waals surface area contributed by atoms with Crippen molar-refractivity contribution in [2.45, 2.75) is 20.0 Å². The highest BCUT2D eigenvalue weighted by molar-refractivity contribution is 5.41. The summed E-state index contributed by atoms with van der Waals surface area (Å²) < 4.78 is 18.3. The molecule has 0 aliphatic carbocycles. The summed E-state index contributed by atoms with van der Waals surface area (Å²) in [5.74, 6) is 5.30. The van der Waals surface area contributed by atoms with E-state index in [4.69, 9.17) is 9.84 Å². The Morgan fingerprint density at radius 2 is 2.25 bits per heavy atom. The van der Waals surface area contributed by atoms with Gasteiger partial charge >= 0.3 is 0 Å². The van der Waals surface area contributed by atoms with Crippen LogP contribution in [0.4, 0.5) is 4.39 Å². The maximum Gasteiger partial charge on any atom is 0.124 e. The highest BCUT2D eigenvalue weighted by Gasteiger charge is 2.01. The fourth-order valence-corrected chi connectivity index (χ4v) is 1.22. The van der Waals surface area contributed by atoms with Crippen molar-refractivity contribution in [3.63, 3.8) is 0 Å². The number of rotatable bonds is 4. The highest BCUT2D eigenvalue weighted by atomic mass is 19.1. The molecule has 0 atom stereocenters. The Kier molecular flexibility index (Phi) is 5.55. The number of benzene rings is 1. The molecule has 0 aromatic heterocycles. The summed E-state index contributed by atoms with van der Waals surface area (Å²) in [7, 11) is 0. The fourth-order valence-electron chi connectivity index (χ4n) is 1.22. The lowest BCUT2D eigenvalue weighted by molar-refractivity contribution is 0.134. The van der Waals surface area contributed by atoms with E-state index in [9.17, 15) is 4.39 Å². The zero-order chi connectivity index (χ0) is 11.8. The van der Waals surface area contributed by atoms with Crippen LogP contribution in [0.15, 0.2) is 18.2 Å². The van der Waals surface area contributed by atoms with Crippen LogP contribution >= 0.6 is 0 Å². The van der Waals surface area contributed by atoms with Gasteiger partial charge in [0.15, 0.2) is 0 Å². The molecule has 0 radical (unpaired) electrons. The van der Waals surface area contributed by atoms with Crippen LogP contribution in [0.25, 0.3) is 0 Å². The standard InChI is InChI=1S/C13H15FO2/c1-2-16-10-12-6-7-13(14)9-11(12)5-3-4-8-15/h6-7,9,15H,2,4,8,10H2,1H3. The maximum absolute atomic E-state index is 13.0. The van der Waals surface area contributed by atoms with E-state index in [0.717, 1.165) is 5.56 Å². The van der Waals surface area contributed by atoms with Gasteiger partial charge in [-0.1, -0.05) is 17.9 Å². The van der Waals surface area contributed by atoms with E-state index in [-0.39, 0.29) is 12.4 Å². The molecule has 1 N–H and O–H groups in total. The summed E-state index contributed by atoms with van der Waals surface area (Å²) in [4.78, 5) is 0. The largest absolute Gasteiger partial charge is 0.395 e. The zero-order valence-electron chi connectivity index (χ0n) is 9.29. The van der Waals surface area contributed by atoms with Gasteiger partial charge in [-0.2, -0.15) is 0 Å². The molecule has 3 heteroatoms. The Morgan fingerprint density at radius 1 is 1.44 bits per heavy atom. The van der Waals surface area contributed by atoms with Gasteiger partial charge in [-0.25, -0.2) is 4.39 Å². The van der Waals surface area contributed by atoms with Gasteiger partial charge in [0.2, 0.25) is 0 Å². The Balaban J connectivity index is 2.86. The maximum atomic E-state index is 13.0. The lowest BCUT2D eigenvalue weighted by atomic mass is 10.1. The normalized spacial score (nSPS) is 9.69. The molecule has 2 nitrogen and oxygen atoms in total. The van der Waals surface area contributed by atoms with Gasteiger partial charge in [0, 0.05) is 18.6 Å². The van der Waals surface area contributed by atoms with Crippen molar-refractivity contribution in [2.24, 2.45) is 0 Å². The number of hydrogen-bond donors (Lipinski definition) is 1. The van der Waals surface area contributed by atoms with Crippen molar-refractivity contribution in [2.75, 3.05) is 13.2 Å². The Labute approximate surface area is 95.1 Å². The quantitative estimate of drug-likeness (QED) is 0.790. The summed E-state index contributed by atoms with van der Waals surface area (Å²) in [6, 6.07) is 4.46. The first kappa shape index (κ1) is 12.7. The SMILES string of the molecule is CCOCc1ccc(F)cc1C#CCCO. The summed E-state index contributed by atoms with van der Waals surface area (Å²) in [6.45, 7) is 2.96. The van der Waals surface area contributed by atoms with Crippen LogP contribution in [0.5, 0.6) is 0 Å². The van der Waals surface area contributed by atoms with E-state index in [2.05, 4.69) is 11.8 Å². The van der Waals surface area contributed by atoms with Crippen molar-refractivity contribution >= 4 is 0 Å². The highest BCUT2D eigenvalue weighted by Crippen LogP contribution is 2.11. The first-order valence-electron chi connectivity index (χ1n) is 5.23. The first-order valence-corrected chi connectivity index (χ1v) is 5.23. The predicted octanol–water partition coefficient (Wildman–Crippen LogP) is 2.10. The van der Waals surface area contributed by atoms with Crippen molar-refractivity contribution in [3.8, 4) is 11.8 Å². The molecule has 0 aliphatic rings. The van der Waals surface area contributed by atoms with Crippen LogP contribution < -0.4 is 0 Å². The molecule has 0 saturated heterocycles. The van der Waals surface area contributed by atoms with Gasteiger partial charge in [-0.15, -0.1) is 0 Å². The van der Waals surface area contributed by atoms with Crippen LogP contribution in [-0.4, -0.2) is 18.3 Å². The molecule has 1 aromatic carbocycles. The molecule has 0 spiro atoms. The molecular formula is C13H15FO2. The van der Waals surface area contributed by atoms with Gasteiger partial charge in [0.25, 0.3) is 0 Å². The molecule has 0 fully saturated rings. The van der Waals surface area contributed by atoms with Crippen molar-refractivity contribution in [1.82, 2.24) is 0 Å². The van der Waals surface area contributed by atoms with Crippen LogP contribution in [0.1, 0.15) is 24.5 Å². The van der Waals surface area contributed by atoms with E-state index in [1.165, 1.54) is 12.1 Å². The molecule has 86 valence electrons. The third-order valence-corrected chi connectivity index (χ3v) is 1.99. The average molecular weight is 222 g/mol. The lowest BCUT2D eigenvalue weighted by Crippen LogP contribution is -1.96. The van der Waals surface area contributed by atoms with Crippen molar-refractivity contribution in [3.05, 3.63) is 35.1 Å². The Morgan fingerprint density at radius 3 is 2.94 bits per heavy atom. The van der Waals surface area contributed by atoms with Gasteiger partial charge in [-0.05, 0) is 24.6 Å². The fraction of sp³-hybridized carbons (Fsp3) is 0.385. The molecule has 1 rings (SSSR count). The second-order valence-electron chi connectivity index (χ2n) is 3.21. The minimum atomic E-state index is -0.312. The van der Waals surface area contributed by atoms with E-state index in [1.54, 1.807) is 6.07 Å². The molecule has 16 heavy (non-hydrogen) atoms. The lowest BCUT2D eigenvalue weighted by Gasteiger charge is -2.04. The van der Waals surface area contributed by atoms with Gasteiger partial charge in [-0.3, -0.25) is 0 Å². The van der Waals surface area contributed by atoms with E-state index >= 15 is 0 Å². The number of hydrogen-bond acceptors (Lipinski definition) is 2. The van der Waals surface area contributed by atoms with Gasteiger partial charge < -0.3 is 9.84 Å². The van der Waals surface area contributed by atoms with Gasteiger partial charge in [0.1, 0.15) is 5.82 Å². The second-order valence-corrected chi connectivity index (χ2v) is 3.21. The zero-order valence-corrected chi connectivity index (χ0v) is 9.29. The number of aliphatic hydroxyl groups excluding tert-OH is 1. The number of ether oxygens (including phenoxy) is 1. The van der Waals surface area contributed by atoms with Crippen LogP contribution in [0.3, 0.4) is 0 Å². The Bertz CT molecular complexity index is 391. The smallest absolute Gasteiger partial charge is 0.124 e. The first-order chi connectivity index (χ1) is 7.77. The second kappa shape index (κ2) is 7.00. The summed E-state index contributed by atoms with van der Waals surface area (Å²) in [5.41, 5.74) is 1.50. The monoisotopic (exact) mass is 222 g/mol. The molecule has 1 aromatic rings. The van der Waals surface area contributed by atoms with Crippen molar-refractivity contribution < 1.29 is 14.2 Å². The summed E-state index contributed by atoms with van der Waals surface area (Å²) in [6.07, 6.45) is 0.393. The molecule has 0 bridgehead atoms. The Hall–Kier alpha value is -1.37. The van der Waals surface area contributed by atoms with Crippen LogP contribution in [0, 0.1) is 17.7 Å². The average Bonchev–Trinajstić information content (AvgIpc) is 2.28. The predicted molar refractivity (Wildman–Crippen MR) is 60.3 cm³/mol. The minimum Gasteiger partial charge on any atom is -0.395 e. The number of halogens is 1. The third kappa shape index (κ3) is 4.01. The minimum absolute atomic E-state index is 0.0170. The third-order valence-electron chi connectivity index (χ3n) is 1.99. The molecular weight excluding hydrogens is 207 g/mol. The number of aliphatic hydroxyl groups is 1. The van der Waals surface area contributed by atoms with Crippen LogP contribution in [-0.2, 0) is 11.3 Å². The molecule has 0 amide bonds. The van der Waals surface area contributed by atoms with E-state index in [0.29, 0.717) is 25.2 Å².